The Bertz CT molecular complexity index is 1800. The Balaban J connectivity index is 1.29. The molecule has 466 valence electrons. The van der Waals surface area contributed by atoms with Crippen molar-refractivity contribution in [2.24, 2.45) is 0 Å². The van der Waals surface area contributed by atoms with Crippen LogP contribution in [0.4, 0.5) is 0 Å². The van der Waals surface area contributed by atoms with E-state index in [-0.39, 0.29) is 0 Å². The number of amides is 2. The minimum Gasteiger partial charge on any atom is -0.394 e. The van der Waals surface area contributed by atoms with Crippen molar-refractivity contribution in [3.8, 4) is 0 Å². The summed E-state index contributed by atoms with van der Waals surface area (Å²) in [5.41, 5.74) is 0. The van der Waals surface area contributed by atoms with E-state index in [4.69, 9.17) is 47.4 Å². The molecule has 5 rings (SSSR count). The molecular weight excluding hydrogens is 1070 g/mol. The number of rotatable bonds is 32. The molecule has 0 unspecified atom stereocenters. The third-order valence-corrected chi connectivity index (χ3v) is 15.1. The first kappa shape index (κ1) is 68.5. The van der Waals surface area contributed by atoms with Gasteiger partial charge in [-0.15, -0.1) is 0 Å². The summed E-state index contributed by atoms with van der Waals surface area (Å²) in [5.74, 6) is -0.845. The molecule has 0 aromatic rings. The molecular formula is C51H90N2O27. The maximum absolute atomic E-state index is 13.0. The number of nitrogens with one attached hydrogen (secondary N) is 2. The van der Waals surface area contributed by atoms with Crippen molar-refractivity contribution in [2.75, 3.05) is 33.0 Å². The molecule has 5 aliphatic heterocycles. The van der Waals surface area contributed by atoms with Gasteiger partial charge in [-0.2, -0.15) is 0 Å². The Morgan fingerprint density at radius 2 is 0.975 bits per heavy atom. The molecule has 0 aromatic carbocycles. The molecule has 0 aliphatic carbocycles. The van der Waals surface area contributed by atoms with Crippen molar-refractivity contribution >= 4 is 12.3 Å². The lowest BCUT2D eigenvalue weighted by Crippen LogP contribution is -2.71. The normalized spacial score (nSPS) is 41.5. The summed E-state index contributed by atoms with van der Waals surface area (Å²) in [6, 6.07) is -2.82. The fourth-order valence-corrected chi connectivity index (χ4v) is 10.3. The lowest BCUT2D eigenvalue weighted by atomic mass is 9.93. The largest absolute Gasteiger partial charge is 0.394 e. The lowest BCUT2D eigenvalue weighted by molar-refractivity contribution is -0.392. The molecule has 0 radical (unpaired) electrons. The monoisotopic (exact) mass is 1160 g/mol. The second-order valence-electron chi connectivity index (χ2n) is 21.1. The van der Waals surface area contributed by atoms with E-state index >= 15 is 0 Å². The molecule has 27 atom stereocenters. The smallest absolute Gasteiger partial charge is 0.217 e. The van der Waals surface area contributed by atoms with E-state index in [1.165, 1.54) is 57.9 Å². The van der Waals surface area contributed by atoms with Crippen LogP contribution >= 0.6 is 0 Å². The van der Waals surface area contributed by atoms with Gasteiger partial charge in [0.05, 0.1) is 51.3 Å². The zero-order chi connectivity index (χ0) is 58.8. The highest BCUT2D eigenvalue weighted by Gasteiger charge is 2.58. The van der Waals surface area contributed by atoms with Crippen LogP contribution in [-0.2, 0) is 57.0 Å². The maximum Gasteiger partial charge on any atom is 0.217 e. The highest BCUT2D eigenvalue weighted by Crippen LogP contribution is 2.37. The van der Waals surface area contributed by atoms with E-state index < -0.39 is 205 Å². The minimum absolute atomic E-state index is 0.346. The van der Waals surface area contributed by atoms with E-state index in [1.54, 1.807) is 6.08 Å². The molecule has 5 aliphatic rings. The van der Waals surface area contributed by atoms with Crippen LogP contribution in [0.15, 0.2) is 12.2 Å². The average Bonchev–Trinajstić information content (AvgIpc) is 3.44. The molecule has 0 bridgehead atoms. The van der Waals surface area contributed by atoms with Gasteiger partial charge in [-0.25, -0.2) is 0 Å². The molecule has 80 heavy (non-hydrogen) atoms. The summed E-state index contributed by atoms with van der Waals surface area (Å²) in [4.78, 5) is 24.5. The predicted molar refractivity (Wildman–Crippen MR) is 270 cm³/mol. The van der Waals surface area contributed by atoms with E-state index in [0.29, 0.717) is 12.8 Å². The Morgan fingerprint density at radius 3 is 1.55 bits per heavy atom. The van der Waals surface area contributed by atoms with Crippen LogP contribution in [0.2, 0.25) is 0 Å². The van der Waals surface area contributed by atoms with Gasteiger partial charge in [0.15, 0.2) is 31.5 Å². The van der Waals surface area contributed by atoms with Crippen LogP contribution in [0.3, 0.4) is 0 Å². The van der Waals surface area contributed by atoms with E-state index in [2.05, 4.69) is 17.6 Å². The summed E-state index contributed by atoms with van der Waals surface area (Å²) in [6.45, 7) is 0.274. The van der Waals surface area contributed by atoms with E-state index in [1.807, 2.05) is 0 Å². The number of carbonyl (C=O) groups excluding carboxylic acids is 2. The van der Waals surface area contributed by atoms with E-state index in [9.17, 15) is 86.2 Å². The van der Waals surface area contributed by atoms with Gasteiger partial charge in [0.1, 0.15) is 116 Å². The quantitative estimate of drug-likeness (QED) is 0.0169. The van der Waals surface area contributed by atoms with Gasteiger partial charge in [0, 0.05) is 6.92 Å². The second kappa shape index (κ2) is 34.0. The number of allylic oxidation sites excluding steroid dienone is 1. The molecule has 5 fully saturated rings. The molecule has 29 heteroatoms. The average molecular weight is 1160 g/mol. The number of hydrogen-bond acceptors (Lipinski definition) is 27. The van der Waals surface area contributed by atoms with Gasteiger partial charge in [0.25, 0.3) is 0 Å². The molecule has 5 saturated heterocycles. The first-order valence-corrected chi connectivity index (χ1v) is 27.8. The summed E-state index contributed by atoms with van der Waals surface area (Å²) in [7, 11) is 0. The van der Waals surface area contributed by atoms with Crippen molar-refractivity contribution in [2.45, 2.75) is 263 Å². The van der Waals surface area contributed by atoms with Gasteiger partial charge in [-0.05, 0) is 19.8 Å². The summed E-state index contributed by atoms with van der Waals surface area (Å²) in [6.07, 6.45) is -28.1. The molecule has 0 saturated carbocycles. The SMILES string of the molecule is CCCCCCCCCCCCC/C=C/[C@@H](O)[C@H](CO[C@@H]1O[C@H](CO)[C@@H](O[C@@H]2O[C@H](CO)[C@H](O)[C@H](O[C@@H]3O[C@H](CO)[C@@H](O[C@@H]4O[C@H](CO)[C@H](O)[C@H](O)[C@H]4O)[C@H](O[C@@H]4O[C@@H](C)[C@@H](O)[C@@H](O)[C@@H]4O)[C@H]3NC(C)=O)[C@H]2O)[C@H](O)[C@H]1O)NC=O. The Hall–Kier alpha value is -2.32. The van der Waals surface area contributed by atoms with Gasteiger partial charge >= 0.3 is 0 Å². The van der Waals surface area contributed by atoms with Gasteiger partial charge in [-0.3, -0.25) is 9.59 Å². The minimum atomic E-state index is -2.18. The number of unbranched alkanes of at least 4 members (excludes halogenated alkanes) is 11. The van der Waals surface area contributed by atoms with Crippen LogP contribution in [-0.4, -0.2) is 288 Å². The number of ether oxygens (including phenoxy) is 10. The number of aliphatic hydroxyl groups excluding tert-OH is 15. The fraction of sp³-hybridized carbons (Fsp3) is 0.922. The lowest BCUT2D eigenvalue weighted by Gasteiger charge is -2.51. The molecule has 29 nitrogen and oxygen atoms in total. The third kappa shape index (κ3) is 18.1. The Kier molecular flexibility index (Phi) is 29.1. The summed E-state index contributed by atoms with van der Waals surface area (Å²) in [5, 5.41) is 167. The fourth-order valence-electron chi connectivity index (χ4n) is 10.3. The van der Waals surface area contributed by atoms with Gasteiger partial charge in [0.2, 0.25) is 12.3 Å². The summed E-state index contributed by atoms with van der Waals surface area (Å²) < 4.78 is 58.7. The zero-order valence-electron chi connectivity index (χ0n) is 45.4. The van der Waals surface area contributed by atoms with Gasteiger partial charge < -0.3 is 135 Å². The zero-order valence-corrected chi connectivity index (χ0v) is 45.4. The van der Waals surface area contributed by atoms with Crippen LogP contribution in [0, 0.1) is 0 Å². The van der Waals surface area contributed by atoms with Crippen LogP contribution in [0.5, 0.6) is 0 Å². The van der Waals surface area contributed by atoms with Crippen molar-refractivity contribution in [3.05, 3.63) is 12.2 Å². The molecule has 0 spiro atoms. The topological polar surface area (TPSA) is 454 Å². The van der Waals surface area contributed by atoms with Crippen LogP contribution in [0.1, 0.15) is 97.8 Å². The van der Waals surface area contributed by atoms with Crippen molar-refractivity contribution in [1.82, 2.24) is 10.6 Å². The molecule has 0 aromatic heterocycles. The van der Waals surface area contributed by atoms with Crippen LogP contribution in [0.25, 0.3) is 0 Å². The standard InChI is InChI=1S/C51H90N2O27/c1-4-5-6-7-8-9-10-11-12-13-14-15-16-17-27(60)26(52-23-58)22-71-48-41(69)38(66)43(30(20-56)76-48)77-51-42(70)46(35(63)29(19-55)74-51)80-47-32(53-25(3)59)45(79-49-39(67)36(64)33(61)24(2)72-49)44(31(21-57)75-47)78-50-40(68)37(65)34(62)28(18-54)73-50/h16-17,23-24,26-51,54-57,60-70H,4-15,18-22H2,1-3H3,(H,52,58)(H,53,59)/b17-16+/t24-,26-,27+,28+,29+,30+,31+,32+,33+,34-,35-,36+,37-,38+,39-,40+,41+,42+,43+,44+,45+,46-,47-,48+,49-,50-,51-/m0/s1. The maximum atomic E-state index is 13.0. The van der Waals surface area contributed by atoms with Crippen molar-refractivity contribution in [3.63, 3.8) is 0 Å². The first-order chi connectivity index (χ1) is 38.3. The predicted octanol–water partition coefficient (Wildman–Crippen LogP) is -6.00. The van der Waals surface area contributed by atoms with Crippen molar-refractivity contribution < 1.29 is 134 Å². The van der Waals surface area contributed by atoms with Gasteiger partial charge in [-0.1, -0.05) is 83.3 Å². The van der Waals surface area contributed by atoms with Crippen LogP contribution < -0.4 is 10.6 Å². The Morgan fingerprint density at radius 1 is 0.512 bits per heavy atom. The number of hydrogen-bond donors (Lipinski definition) is 17. The molecule has 5 heterocycles. The molecule has 17 N–H and O–H groups in total. The molecule has 2 amide bonds. The second-order valence-corrected chi connectivity index (χ2v) is 21.1. The number of carbonyl (C=O) groups is 2. The summed E-state index contributed by atoms with van der Waals surface area (Å²) >= 11 is 0. The number of aliphatic hydroxyl groups is 15. The Labute approximate surface area is 464 Å². The highest BCUT2D eigenvalue weighted by atomic mass is 16.8. The van der Waals surface area contributed by atoms with Crippen molar-refractivity contribution in [1.29, 1.82) is 0 Å². The highest BCUT2D eigenvalue weighted by molar-refractivity contribution is 5.73. The third-order valence-electron chi connectivity index (χ3n) is 15.1. The first-order valence-electron chi connectivity index (χ1n) is 27.8. The van der Waals surface area contributed by atoms with E-state index in [0.717, 1.165) is 32.6 Å².